The molecule has 1 aliphatic rings. The number of furan rings is 1. The first kappa shape index (κ1) is 23.4. The molecule has 0 bridgehead atoms. The fourth-order valence-electron chi connectivity index (χ4n) is 3.49. The Labute approximate surface area is 199 Å². The van der Waals surface area contributed by atoms with Gasteiger partial charge in [-0.1, -0.05) is 0 Å². The van der Waals surface area contributed by atoms with Gasteiger partial charge in [0, 0.05) is 18.3 Å². The minimum atomic E-state index is -1.14. The highest BCUT2D eigenvalue weighted by molar-refractivity contribution is 6.21. The number of hydrogen-bond acceptors (Lipinski definition) is 7. The smallest absolute Gasteiger partial charge is 0.338 e. The van der Waals surface area contributed by atoms with E-state index in [0.29, 0.717) is 17.1 Å². The summed E-state index contributed by atoms with van der Waals surface area (Å²) in [4.78, 5) is 62.5. The highest BCUT2D eigenvalue weighted by Crippen LogP contribution is 2.26. The average Bonchev–Trinajstić information content (AvgIpc) is 3.42. The fourth-order valence-corrected chi connectivity index (χ4v) is 3.49. The number of imide groups is 1. The third kappa shape index (κ3) is 5.11. The lowest BCUT2D eigenvalue weighted by atomic mass is 10.1. The number of ether oxygens (including phenoxy) is 1. The molecule has 35 heavy (non-hydrogen) atoms. The van der Waals surface area contributed by atoms with Crippen LogP contribution < -0.4 is 10.6 Å². The van der Waals surface area contributed by atoms with Crippen LogP contribution in [0.25, 0.3) is 0 Å². The molecule has 2 heterocycles. The molecule has 1 unspecified atom stereocenters. The van der Waals surface area contributed by atoms with Gasteiger partial charge in [-0.2, -0.15) is 0 Å². The molecular weight excluding hydrogens is 454 g/mol. The zero-order chi connectivity index (χ0) is 25.1. The molecule has 0 saturated carbocycles. The number of hydrogen-bond donors (Lipinski definition) is 2. The third-order valence-corrected chi connectivity index (χ3v) is 5.23. The molecule has 4 amide bonds. The first-order chi connectivity index (χ1) is 16.7. The van der Waals surface area contributed by atoms with Gasteiger partial charge in [-0.05, 0) is 61.5 Å². The summed E-state index contributed by atoms with van der Waals surface area (Å²) in [5, 5.41) is 5.23. The molecule has 0 aliphatic carbocycles. The lowest BCUT2D eigenvalue weighted by Gasteiger charge is -2.14. The van der Waals surface area contributed by atoms with Crippen molar-refractivity contribution in [2.75, 3.05) is 10.6 Å². The van der Waals surface area contributed by atoms with Gasteiger partial charge in [0.15, 0.2) is 6.10 Å². The lowest BCUT2D eigenvalue weighted by molar-refractivity contribution is -0.123. The van der Waals surface area contributed by atoms with Crippen molar-refractivity contribution in [2.24, 2.45) is 0 Å². The summed E-state index contributed by atoms with van der Waals surface area (Å²) in [5.74, 6) is -2.19. The molecule has 0 fully saturated rings. The molecule has 2 aromatic carbocycles. The molecule has 1 aromatic heterocycles. The average molecular weight is 475 g/mol. The van der Waals surface area contributed by atoms with Crippen molar-refractivity contribution in [3.8, 4) is 0 Å². The minimum Gasteiger partial charge on any atom is -0.467 e. The summed E-state index contributed by atoms with van der Waals surface area (Å²) >= 11 is 0. The van der Waals surface area contributed by atoms with E-state index in [-0.39, 0.29) is 29.1 Å². The Bertz CT molecular complexity index is 1310. The van der Waals surface area contributed by atoms with E-state index >= 15 is 0 Å². The number of amides is 4. The van der Waals surface area contributed by atoms with Gasteiger partial charge >= 0.3 is 5.97 Å². The van der Waals surface area contributed by atoms with E-state index in [9.17, 15) is 24.0 Å². The molecule has 4 rings (SSSR count). The molecule has 1 atom stereocenters. The number of carbonyl (C=O) groups excluding carboxylic acids is 5. The molecular formula is C25H21N3O7. The van der Waals surface area contributed by atoms with Crippen LogP contribution in [0, 0.1) is 0 Å². The number of benzene rings is 2. The largest absolute Gasteiger partial charge is 0.467 e. The number of nitrogens with one attached hydrogen (secondary N) is 2. The Balaban J connectivity index is 1.39. The summed E-state index contributed by atoms with van der Waals surface area (Å²) < 4.78 is 10.5. The SMILES string of the molecule is CC(=O)Nc1ccc(NC(=O)C(C)OC(=O)c2ccc3c(c2)C(=O)N(Cc2ccco2)C3=O)cc1. The van der Waals surface area contributed by atoms with Gasteiger partial charge in [0.1, 0.15) is 5.76 Å². The van der Waals surface area contributed by atoms with Crippen molar-refractivity contribution < 1.29 is 33.1 Å². The monoisotopic (exact) mass is 475 g/mol. The van der Waals surface area contributed by atoms with E-state index in [1.807, 2.05) is 0 Å². The summed E-state index contributed by atoms with van der Waals surface area (Å²) in [6.07, 6.45) is 0.304. The summed E-state index contributed by atoms with van der Waals surface area (Å²) in [7, 11) is 0. The normalized spacial score (nSPS) is 13.3. The molecule has 0 radical (unpaired) electrons. The second-order valence-corrected chi connectivity index (χ2v) is 7.83. The van der Waals surface area contributed by atoms with Gasteiger partial charge in [0.05, 0.1) is 29.5 Å². The van der Waals surface area contributed by atoms with E-state index in [1.165, 1.54) is 38.3 Å². The Kier molecular flexibility index (Phi) is 6.45. The van der Waals surface area contributed by atoms with Crippen LogP contribution in [0.15, 0.2) is 65.3 Å². The first-order valence-corrected chi connectivity index (χ1v) is 10.6. The Morgan fingerprint density at radius 1 is 0.943 bits per heavy atom. The number of carbonyl (C=O) groups is 5. The van der Waals surface area contributed by atoms with E-state index < -0.39 is 29.8 Å². The predicted molar refractivity (Wildman–Crippen MR) is 124 cm³/mol. The quantitative estimate of drug-likeness (QED) is 0.396. The maximum atomic E-state index is 12.7. The second kappa shape index (κ2) is 9.64. The topological polar surface area (TPSA) is 135 Å². The van der Waals surface area contributed by atoms with Gasteiger partial charge in [-0.15, -0.1) is 0 Å². The molecule has 178 valence electrons. The van der Waals surface area contributed by atoms with E-state index in [1.54, 1.807) is 36.4 Å². The number of nitrogens with zero attached hydrogens (tertiary/aromatic N) is 1. The molecule has 1 aliphatic heterocycles. The Morgan fingerprint density at radius 2 is 1.60 bits per heavy atom. The molecule has 3 aromatic rings. The van der Waals surface area contributed by atoms with Crippen LogP contribution >= 0.6 is 0 Å². The maximum absolute atomic E-state index is 12.7. The zero-order valence-electron chi connectivity index (χ0n) is 18.9. The van der Waals surface area contributed by atoms with Crippen molar-refractivity contribution in [2.45, 2.75) is 26.5 Å². The Hall–Kier alpha value is -4.73. The van der Waals surface area contributed by atoms with Gasteiger partial charge in [-0.25, -0.2) is 4.79 Å². The standard InChI is InChI=1S/C25H21N3O7/c1-14(22(30)27-18-8-6-17(7-9-18)26-15(2)29)35-25(33)16-5-10-20-21(12-16)24(32)28(23(20)31)13-19-4-3-11-34-19/h3-12,14H,13H2,1-2H3,(H,26,29)(H,27,30). The minimum absolute atomic E-state index is 0.0257. The van der Waals surface area contributed by atoms with E-state index in [2.05, 4.69) is 10.6 Å². The van der Waals surface area contributed by atoms with E-state index in [4.69, 9.17) is 9.15 Å². The highest BCUT2D eigenvalue weighted by atomic mass is 16.5. The molecule has 0 saturated heterocycles. The molecule has 10 nitrogen and oxygen atoms in total. The first-order valence-electron chi connectivity index (χ1n) is 10.6. The van der Waals surface area contributed by atoms with Crippen LogP contribution in [0.5, 0.6) is 0 Å². The summed E-state index contributed by atoms with van der Waals surface area (Å²) in [5.41, 5.74) is 1.30. The van der Waals surface area contributed by atoms with Crippen molar-refractivity contribution in [3.05, 3.63) is 83.3 Å². The number of rotatable bonds is 7. The van der Waals surface area contributed by atoms with Crippen molar-refractivity contribution in [1.82, 2.24) is 4.90 Å². The van der Waals surface area contributed by atoms with Gasteiger partial charge in [0.25, 0.3) is 17.7 Å². The number of fused-ring (bicyclic) bond motifs is 1. The van der Waals surface area contributed by atoms with E-state index in [0.717, 1.165) is 4.90 Å². The Morgan fingerprint density at radius 3 is 2.23 bits per heavy atom. The summed E-state index contributed by atoms with van der Waals surface area (Å²) in [6, 6.07) is 13.8. The maximum Gasteiger partial charge on any atom is 0.338 e. The number of esters is 1. The van der Waals surface area contributed by atoms with Crippen LogP contribution in [-0.4, -0.2) is 40.6 Å². The third-order valence-electron chi connectivity index (χ3n) is 5.23. The van der Waals surface area contributed by atoms with Crippen LogP contribution in [0.2, 0.25) is 0 Å². The van der Waals surface area contributed by atoms with Crippen LogP contribution in [0.3, 0.4) is 0 Å². The van der Waals surface area contributed by atoms with Crippen LogP contribution in [-0.2, 0) is 20.9 Å². The van der Waals surface area contributed by atoms with Crippen LogP contribution in [0.4, 0.5) is 11.4 Å². The summed E-state index contributed by atoms with van der Waals surface area (Å²) in [6.45, 7) is 2.77. The van der Waals surface area contributed by atoms with Gasteiger partial charge in [0.2, 0.25) is 5.91 Å². The zero-order valence-corrected chi connectivity index (χ0v) is 18.9. The second-order valence-electron chi connectivity index (χ2n) is 7.83. The van der Waals surface area contributed by atoms with Gasteiger partial charge < -0.3 is 19.8 Å². The van der Waals surface area contributed by atoms with Gasteiger partial charge in [-0.3, -0.25) is 24.1 Å². The predicted octanol–water partition coefficient (Wildman–Crippen LogP) is 3.22. The molecule has 0 spiro atoms. The van der Waals surface area contributed by atoms with Crippen molar-refractivity contribution >= 4 is 41.0 Å². The lowest BCUT2D eigenvalue weighted by Crippen LogP contribution is -2.30. The molecule has 2 N–H and O–H groups in total. The molecule has 10 heteroatoms. The van der Waals surface area contributed by atoms with Crippen molar-refractivity contribution in [3.63, 3.8) is 0 Å². The highest BCUT2D eigenvalue weighted by Gasteiger charge is 2.36. The number of anilines is 2. The van der Waals surface area contributed by atoms with Crippen molar-refractivity contribution in [1.29, 1.82) is 0 Å². The fraction of sp³-hybridized carbons (Fsp3) is 0.160. The van der Waals surface area contributed by atoms with Crippen LogP contribution in [0.1, 0.15) is 50.7 Å².